The molecule has 0 aliphatic carbocycles. The molecule has 2 rings (SSSR count). The smallest absolute Gasteiger partial charge is 0.310 e. The van der Waals surface area contributed by atoms with Gasteiger partial charge in [0, 0.05) is 18.7 Å². The van der Waals surface area contributed by atoms with Crippen LogP contribution in [0.3, 0.4) is 0 Å². The fourth-order valence-corrected chi connectivity index (χ4v) is 2.67. The third-order valence-corrected chi connectivity index (χ3v) is 4.08. The van der Waals surface area contributed by atoms with Crippen molar-refractivity contribution >= 4 is 11.9 Å². The van der Waals surface area contributed by atoms with E-state index in [1.807, 2.05) is 32.0 Å². The first-order valence-corrected chi connectivity index (χ1v) is 6.98. The first-order chi connectivity index (χ1) is 9.54. The van der Waals surface area contributed by atoms with Gasteiger partial charge in [-0.3, -0.25) is 9.59 Å². The van der Waals surface area contributed by atoms with E-state index in [1.165, 1.54) is 7.11 Å². The molecule has 1 unspecified atom stereocenters. The van der Waals surface area contributed by atoms with Crippen LogP contribution < -0.4 is 0 Å². The minimum atomic E-state index is -0.219. The summed E-state index contributed by atoms with van der Waals surface area (Å²) in [7, 11) is 1.40. The van der Waals surface area contributed by atoms with E-state index in [1.54, 1.807) is 4.90 Å². The highest BCUT2D eigenvalue weighted by atomic mass is 16.5. The van der Waals surface area contributed by atoms with Gasteiger partial charge in [0.25, 0.3) is 5.91 Å². The van der Waals surface area contributed by atoms with Gasteiger partial charge in [0.1, 0.15) is 0 Å². The van der Waals surface area contributed by atoms with Gasteiger partial charge >= 0.3 is 5.97 Å². The van der Waals surface area contributed by atoms with Crippen molar-refractivity contribution in [2.24, 2.45) is 5.92 Å². The van der Waals surface area contributed by atoms with Gasteiger partial charge in [-0.05, 0) is 43.9 Å². The number of piperidine rings is 1. The third kappa shape index (κ3) is 2.84. The highest BCUT2D eigenvalue weighted by Crippen LogP contribution is 2.21. The Hall–Kier alpha value is -1.84. The molecule has 20 heavy (non-hydrogen) atoms. The molecular formula is C16H21NO3. The van der Waals surface area contributed by atoms with Gasteiger partial charge in [0.15, 0.2) is 0 Å². The number of methoxy groups -OCH3 is 1. The summed E-state index contributed by atoms with van der Waals surface area (Å²) in [4.78, 5) is 26.0. The van der Waals surface area contributed by atoms with Crippen molar-refractivity contribution in [2.45, 2.75) is 26.7 Å². The van der Waals surface area contributed by atoms with Crippen molar-refractivity contribution in [3.05, 3.63) is 34.9 Å². The summed E-state index contributed by atoms with van der Waals surface area (Å²) in [5, 5.41) is 0. The number of carbonyl (C=O) groups is 2. The van der Waals surface area contributed by atoms with Gasteiger partial charge in [0.2, 0.25) is 0 Å². The van der Waals surface area contributed by atoms with Gasteiger partial charge in [-0.2, -0.15) is 0 Å². The minimum Gasteiger partial charge on any atom is -0.469 e. The number of rotatable bonds is 2. The van der Waals surface area contributed by atoms with Gasteiger partial charge in [-0.25, -0.2) is 0 Å². The van der Waals surface area contributed by atoms with Crippen molar-refractivity contribution in [1.82, 2.24) is 4.90 Å². The number of nitrogens with zero attached hydrogens (tertiary/aromatic N) is 1. The van der Waals surface area contributed by atoms with Crippen LogP contribution in [-0.2, 0) is 9.53 Å². The fraction of sp³-hybridized carbons (Fsp3) is 0.500. The topological polar surface area (TPSA) is 46.6 Å². The SMILES string of the molecule is COC(=O)C1CCCN(C(=O)c2cccc(C)c2C)C1. The zero-order chi connectivity index (χ0) is 14.7. The second-order valence-corrected chi connectivity index (χ2v) is 5.36. The number of ether oxygens (including phenoxy) is 1. The van der Waals surface area contributed by atoms with Crippen LogP contribution in [0.2, 0.25) is 0 Å². The second-order valence-electron chi connectivity index (χ2n) is 5.36. The quantitative estimate of drug-likeness (QED) is 0.778. The summed E-state index contributed by atoms with van der Waals surface area (Å²) >= 11 is 0. The van der Waals surface area contributed by atoms with Crippen LogP contribution in [0.1, 0.15) is 34.3 Å². The molecule has 1 aromatic rings. The summed E-state index contributed by atoms with van der Waals surface area (Å²) in [5.74, 6) is -0.397. The molecule has 108 valence electrons. The van der Waals surface area contributed by atoms with E-state index >= 15 is 0 Å². The van der Waals surface area contributed by atoms with Crippen molar-refractivity contribution in [3.63, 3.8) is 0 Å². The van der Waals surface area contributed by atoms with Gasteiger partial charge in [-0.15, -0.1) is 0 Å². The molecule has 1 aromatic carbocycles. The average Bonchev–Trinajstić information content (AvgIpc) is 2.48. The maximum atomic E-state index is 12.6. The molecule has 1 aliphatic rings. The molecule has 0 spiro atoms. The Morgan fingerprint density at radius 3 is 2.75 bits per heavy atom. The normalized spacial score (nSPS) is 18.8. The molecule has 1 aliphatic heterocycles. The predicted octanol–water partition coefficient (Wildman–Crippen LogP) is 2.33. The predicted molar refractivity (Wildman–Crippen MR) is 76.6 cm³/mol. The lowest BCUT2D eigenvalue weighted by atomic mass is 9.96. The van der Waals surface area contributed by atoms with Crippen LogP contribution in [0, 0.1) is 19.8 Å². The zero-order valence-corrected chi connectivity index (χ0v) is 12.3. The Balaban J connectivity index is 2.16. The van der Waals surface area contributed by atoms with Crippen LogP contribution in [0.25, 0.3) is 0 Å². The summed E-state index contributed by atoms with van der Waals surface area (Å²) in [6.07, 6.45) is 1.64. The van der Waals surface area contributed by atoms with E-state index in [9.17, 15) is 9.59 Å². The van der Waals surface area contributed by atoms with E-state index < -0.39 is 0 Å². The number of likely N-dealkylation sites (tertiary alicyclic amines) is 1. The van der Waals surface area contributed by atoms with E-state index in [0.29, 0.717) is 13.1 Å². The third-order valence-electron chi connectivity index (χ3n) is 4.08. The van der Waals surface area contributed by atoms with Gasteiger partial charge < -0.3 is 9.64 Å². The molecule has 1 amide bonds. The molecule has 1 atom stereocenters. The Kier molecular flexibility index (Phi) is 4.42. The number of hydrogen-bond donors (Lipinski definition) is 0. The number of esters is 1. The van der Waals surface area contributed by atoms with Crippen LogP contribution in [0.4, 0.5) is 0 Å². The Bertz CT molecular complexity index is 524. The lowest BCUT2D eigenvalue weighted by Gasteiger charge is -2.31. The second kappa shape index (κ2) is 6.07. The van der Waals surface area contributed by atoms with Crippen LogP contribution in [0.15, 0.2) is 18.2 Å². The molecule has 0 radical (unpaired) electrons. The average molecular weight is 275 g/mol. The number of hydrogen-bond acceptors (Lipinski definition) is 3. The molecule has 4 nitrogen and oxygen atoms in total. The number of amides is 1. The molecule has 4 heteroatoms. The summed E-state index contributed by atoms with van der Waals surface area (Å²) in [6, 6.07) is 5.75. The minimum absolute atomic E-state index is 0.0137. The van der Waals surface area contributed by atoms with Gasteiger partial charge in [-0.1, -0.05) is 12.1 Å². The van der Waals surface area contributed by atoms with Crippen molar-refractivity contribution in [3.8, 4) is 0 Å². The van der Waals surface area contributed by atoms with E-state index in [2.05, 4.69) is 0 Å². The maximum absolute atomic E-state index is 12.6. The molecule has 0 aromatic heterocycles. The monoisotopic (exact) mass is 275 g/mol. The lowest BCUT2D eigenvalue weighted by Crippen LogP contribution is -2.42. The summed E-state index contributed by atoms with van der Waals surface area (Å²) in [6.45, 7) is 5.13. The van der Waals surface area contributed by atoms with Crippen LogP contribution in [0.5, 0.6) is 0 Å². The standard InChI is InChI=1S/C16H21NO3/c1-11-6-4-8-14(12(11)2)15(18)17-9-5-7-13(10-17)16(19)20-3/h4,6,8,13H,5,7,9-10H2,1-3H3. The number of aryl methyl sites for hydroxylation is 1. The Morgan fingerprint density at radius 1 is 1.30 bits per heavy atom. The van der Waals surface area contributed by atoms with Crippen LogP contribution >= 0.6 is 0 Å². The molecule has 1 heterocycles. The molecule has 0 bridgehead atoms. The number of carbonyl (C=O) groups excluding carboxylic acids is 2. The van der Waals surface area contributed by atoms with E-state index in [-0.39, 0.29) is 17.8 Å². The number of benzene rings is 1. The lowest BCUT2D eigenvalue weighted by molar-refractivity contribution is -0.146. The first-order valence-electron chi connectivity index (χ1n) is 6.98. The largest absolute Gasteiger partial charge is 0.469 e. The molecule has 1 fully saturated rings. The molecule has 0 saturated carbocycles. The van der Waals surface area contributed by atoms with Crippen molar-refractivity contribution < 1.29 is 14.3 Å². The Labute approximate surface area is 119 Å². The summed E-state index contributed by atoms with van der Waals surface area (Å²) in [5.41, 5.74) is 2.85. The fourth-order valence-electron chi connectivity index (χ4n) is 2.67. The van der Waals surface area contributed by atoms with E-state index in [4.69, 9.17) is 4.74 Å². The zero-order valence-electron chi connectivity index (χ0n) is 12.3. The highest BCUT2D eigenvalue weighted by Gasteiger charge is 2.29. The van der Waals surface area contributed by atoms with Gasteiger partial charge in [0.05, 0.1) is 13.0 Å². The van der Waals surface area contributed by atoms with Crippen LogP contribution in [-0.4, -0.2) is 37.0 Å². The molecule has 0 N–H and O–H groups in total. The summed E-state index contributed by atoms with van der Waals surface area (Å²) < 4.78 is 4.79. The van der Waals surface area contributed by atoms with Crippen molar-refractivity contribution in [1.29, 1.82) is 0 Å². The maximum Gasteiger partial charge on any atom is 0.310 e. The molecular weight excluding hydrogens is 254 g/mol. The molecule has 1 saturated heterocycles. The first kappa shape index (κ1) is 14.6. The highest BCUT2D eigenvalue weighted by molar-refractivity contribution is 5.96. The Morgan fingerprint density at radius 2 is 2.05 bits per heavy atom. The van der Waals surface area contributed by atoms with Crippen molar-refractivity contribution in [2.75, 3.05) is 20.2 Å². The van der Waals surface area contributed by atoms with E-state index in [0.717, 1.165) is 29.5 Å².